The van der Waals surface area contributed by atoms with Gasteiger partial charge >= 0.3 is 0 Å². The normalized spacial score (nSPS) is 10.9. The molecule has 0 aliphatic heterocycles. The molecule has 3 rings (SSSR count). The zero-order chi connectivity index (χ0) is 18.5. The number of ether oxygens (including phenoxy) is 1. The molecular formula is C21H25N3O2. The highest BCUT2D eigenvalue weighted by atomic mass is 16.5. The number of rotatable bonds is 7. The van der Waals surface area contributed by atoms with Gasteiger partial charge in [0.1, 0.15) is 0 Å². The highest BCUT2D eigenvalue weighted by Crippen LogP contribution is 2.22. The smallest absolute Gasteiger partial charge is 0.251 e. The van der Waals surface area contributed by atoms with E-state index >= 15 is 0 Å². The molecule has 0 aliphatic carbocycles. The van der Waals surface area contributed by atoms with Gasteiger partial charge in [-0.3, -0.25) is 4.79 Å². The molecule has 0 saturated heterocycles. The minimum absolute atomic E-state index is 0.103. The lowest BCUT2D eigenvalue weighted by molar-refractivity contribution is 0.0950. The molecule has 136 valence electrons. The second-order valence-corrected chi connectivity index (χ2v) is 6.49. The summed E-state index contributed by atoms with van der Waals surface area (Å²) in [5.74, 6) is 0.488. The molecule has 0 fully saturated rings. The molecule has 2 heterocycles. The third kappa shape index (κ3) is 3.87. The third-order valence-electron chi connectivity index (χ3n) is 4.60. The summed E-state index contributed by atoms with van der Waals surface area (Å²) in [7, 11) is 0. The van der Waals surface area contributed by atoms with E-state index in [0.717, 1.165) is 35.0 Å². The van der Waals surface area contributed by atoms with Crippen molar-refractivity contribution >= 4 is 16.8 Å². The van der Waals surface area contributed by atoms with Crippen molar-refractivity contribution in [3.63, 3.8) is 0 Å². The van der Waals surface area contributed by atoms with Crippen molar-refractivity contribution in [2.24, 2.45) is 0 Å². The van der Waals surface area contributed by atoms with Crippen LogP contribution in [0.2, 0.25) is 0 Å². The van der Waals surface area contributed by atoms with Crippen molar-refractivity contribution in [1.82, 2.24) is 15.3 Å². The maximum Gasteiger partial charge on any atom is 0.251 e. The second-order valence-electron chi connectivity index (χ2n) is 6.49. The van der Waals surface area contributed by atoms with Gasteiger partial charge in [0.15, 0.2) is 0 Å². The second kappa shape index (κ2) is 8.04. The molecule has 0 radical (unpaired) electrons. The number of nitrogens with one attached hydrogen (secondary N) is 2. The van der Waals surface area contributed by atoms with Gasteiger partial charge in [0, 0.05) is 40.5 Å². The van der Waals surface area contributed by atoms with E-state index in [-0.39, 0.29) is 5.91 Å². The van der Waals surface area contributed by atoms with Crippen LogP contribution in [0.4, 0.5) is 0 Å². The monoisotopic (exact) mass is 351 g/mol. The minimum atomic E-state index is -0.103. The average molecular weight is 351 g/mol. The highest BCUT2D eigenvalue weighted by Gasteiger charge is 2.11. The van der Waals surface area contributed by atoms with Gasteiger partial charge in [-0.05, 0) is 50.1 Å². The number of pyridine rings is 1. The molecular weight excluding hydrogens is 326 g/mol. The van der Waals surface area contributed by atoms with Gasteiger partial charge in [0.2, 0.25) is 5.88 Å². The fourth-order valence-electron chi connectivity index (χ4n) is 2.88. The van der Waals surface area contributed by atoms with Crippen LogP contribution in [-0.2, 0) is 6.54 Å². The van der Waals surface area contributed by atoms with Crippen molar-refractivity contribution in [3.05, 3.63) is 58.9 Å². The number of carbonyl (C=O) groups excluding carboxylic acids is 1. The number of unbranched alkanes of at least 4 members (excludes halogenated alkanes) is 1. The van der Waals surface area contributed by atoms with Crippen molar-refractivity contribution < 1.29 is 9.53 Å². The van der Waals surface area contributed by atoms with Crippen molar-refractivity contribution in [1.29, 1.82) is 0 Å². The largest absolute Gasteiger partial charge is 0.477 e. The number of benzene rings is 1. The van der Waals surface area contributed by atoms with Crippen molar-refractivity contribution in [3.8, 4) is 5.88 Å². The lowest BCUT2D eigenvalue weighted by atomic mass is 10.1. The highest BCUT2D eigenvalue weighted by molar-refractivity contribution is 5.99. The van der Waals surface area contributed by atoms with Crippen LogP contribution in [0.3, 0.4) is 0 Å². The van der Waals surface area contributed by atoms with Crippen LogP contribution in [-0.4, -0.2) is 22.5 Å². The summed E-state index contributed by atoms with van der Waals surface area (Å²) >= 11 is 0. The number of hydrogen-bond acceptors (Lipinski definition) is 3. The maximum absolute atomic E-state index is 12.6. The first-order chi connectivity index (χ1) is 12.6. The SMILES string of the molecule is CCCCOc1ncccc1CNC(=O)c1ccc2[nH]c(C)c(C)c2c1. The van der Waals surface area contributed by atoms with Crippen LogP contribution in [0.25, 0.3) is 10.9 Å². The molecule has 5 heteroatoms. The van der Waals surface area contributed by atoms with E-state index in [1.54, 1.807) is 6.20 Å². The molecule has 0 spiro atoms. The number of carbonyl (C=O) groups is 1. The van der Waals surface area contributed by atoms with E-state index < -0.39 is 0 Å². The Bertz CT molecular complexity index is 915. The number of hydrogen-bond donors (Lipinski definition) is 2. The minimum Gasteiger partial charge on any atom is -0.477 e. The lowest BCUT2D eigenvalue weighted by Crippen LogP contribution is -2.23. The standard InChI is InChI=1S/C21H25N3O2/c1-4-5-11-26-21-17(7-6-10-22-21)13-23-20(25)16-8-9-19-18(12-16)14(2)15(3)24-19/h6-10,12,24H,4-5,11,13H2,1-3H3,(H,23,25). The summed E-state index contributed by atoms with van der Waals surface area (Å²) in [5.41, 5.74) is 4.88. The number of H-pyrrole nitrogens is 1. The third-order valence-corrected chi connectivity index (χ3v) is 4.60. The molecule has 0 atom stereocenters. The quantitative estimate of drug-likeness (QED) is 0.624. The first kappa shape index (κ1) is 18.0. The predicted octanol–water partition coefficient (Wildman–Crippen LogP) is 4.29. The van der Waals surface area contributed by atoms with Gasteiger partial charge < -0.3 is 15.0 Å². The predicted molar refractivity (Wildman–Crippen MR) is 104 cm³/mol. The molecule has 2 N–H and O–H groups in total. The Morgan fingerprint density at radius 2 is 2.12 bits per heavy atom. The Morgan fingerprint density at radius 1 is 1.27 bits per heavy atom. The Kier molecular flexibility index (Phi) is 5.56. The van der Waals surface area contributed by atoms with Gasteiger partial charge in [0.25, 0.3) is 5.91 Å². The summed E-state index contributed by atoms with van der Waals surface area (Å²) in [6.07, 6.45) is 3.76. The summed E-state index contributed by atoms with van der Waals surface area (Å²) in [5, 5.41) is 4.05. The fourth-order valence-corrected chi connectivity index (χ4v) is 2.88. The number of amides is 1. The van der Waals surface area contributed by atoms with Crippen LogP contribution >= 0.6 is 0 Å². The topological polar surface area (TPSA) is 67.0 Å². The fraction of sp³-hybridized carbons (Fsp3) is 0.333. The number of aromatic nitrogens is 2. The van der Waals surface area contributed by atoms with E-state index in [1.807, 2.05) is 37.3 Å². The molecule has 5 nitrogen and oxygen atoms in total. The summed E-state index contributed by atoms with van der Waals surface area (Å²) in [6, 6.07) is 9.51. The molecule has 1 amide bonds. The first-order valence-electron chi connectivity index (χ1n) is 9.04. The van der Waals surface area contributed by atoms with Gasteiger partial charge in [-0.1, -0.05) is 19.4 Å². The van der Waals surface area contributed by atoms with E-state index in [2.05, 4.69) is 29.1 Å². The zero-order valence-corrected chi connectivity index (χ0v) is 15.6. The molecule has 2 aromatic heterocycles. The van der Waals surface area contributed by atoms with Gasteiger partial charge in [-0.15, -0.1) is 0 Å². The van der Waals surface area contributed by atoms with Gasteiger partial charge in [-0.2, -0.15) is 0 Å². The van der Waals surface area contributed by atoms with Crippen LogP contribution in [0, 0.1) is 13.8 Å². The van der Waals surface area contributed by atoms with Crippen LogP contribution in [0.5, 0.6) is 5.88 Å². The van der Waals surface area contributed by atoms with Crippen LogP contribution in [0.1, 0.15) is 46.9 Å². The van der Waals surface area contributed by atoms with Gasteiger partial charge in [-0.25, -0.2) is 4.98 Å². The molecule has 3 aromatic rings. The molecule has 1 aromatic carbocycles. The van der Waals surface area contributed by atoms with E-state index in [0.29, 0.717) is 24.6 Å². The van der Waals surface area contributed by atoms with E-state index in [4.69, 9.17) is 4.74 Å². The maximum atomic E-state index is 12.6. The van der Waals surface area contributed by atoms with Gasteiger partial charge in [0.05, 0.1) is 6.61 Å². The summed E-state index contributed by atoms with van der Waals surface area (Å²) < 4.78 is 5.73. The van der Waals surface area contributed by atoms with E-state index in [1.165, 1.54) is 5.56 Å². The van der Waals surface area contributed by atoms with Crippen LogP contribution in [0.15, 0.2) is 36.5 Å². The molecule has 0 unspecified atom stereocenters. The Labute approximate surface area is 153 Å². The number of aromatic amines is 1. The average Bonchev–Trinajstić information content (AvgIpc) is 2.94. The number of nitrogens with zero attached hydrogens (tertiary/aromatic N) is 1. The zero-order valence-electron chi connectivity index (χ0n) is 15.6. The Balaban J connectivity index is 1.70. The Hall–Kier alpha value is -2.82. The lowest BCUT2D eigenvalue weighted by Gasteiger charge is -2.11. The number of aryl methyl sites for hydroxylation is 2. The van der Waals surface area contributed by atoms with E-state index in [9.17, 15) is 4.79 Å². The molecule has 26 heavy (non-hydrogen) atoms. The number of fused-ring (bicyclic) bond motifs is 1. The molecule has 0 aliphatic rings. The molecule has 0 bridgehead atoms. The molecule has 0 saturated carbocycles. The summed E-state index contributed by atoms with van der Waals surface area (Å²) in [6.45, 7) is 7.24. The Morgan fingerprint density at radius 3 is 2.92 bits per heavy atom. The summed E-state index contributed by atoms with van der Waals surface area (Å²) in [4.78, 5) is 20.2. The first-order valence-corrected chi connectivity index (χ1v) is 9.04. The van der Waals surface area contributed by atoms with Crippen molar-refractivity contribution in [2.45, 2.75) is 40.2 Å². The van der Waals surface area contributed by atoms with Crippen LogP contribution < -0.4 is 10.1 Å². The van der Waals surface area contributed by atoms with Crippen molar-refractivity contribution in [2.75, 3.05) is 6.61 Å².